The maximum Gasteiger partial charge on any atom is 0.222 e. The number of benzene rings is 1. The van der Waals surface area contributed by atoms with Crippen LogP contribution in [0.1, 0.15) is 19.4 Å². The lowest BCUT2D eigenvalue weighted by molar-refractivity contribution is -0.123. The molecule has 0 fully saturated rings. The monoisotopic (exact) mass is 356 g/mol. The molecule has 0 spiro atoms. The Kier molecular flexibility index (Phi) is 7.20. The minimum atomic E-state index is -0.00172. The van der Waals surface area contributed by atoms with E-state index in [-0.39, 0.29) is 11.8 Å². The van der Waals surface area contributed by atoms with Crippen molar-refractivity contribution >= 4 is 11.9 Å². The number of rotatable bonds is 7. The van der Waals surface area contributed by atoms with Crippen LogP contribution < -0.4 is 10.6 Å². The molecule has 1 aromatic carbocycles. The van der Waals surface area contributed by atoms with E-state index < -0.39 is 0 Å². The molecule has 1 heterocycles. The molecule has 0 aliphatic carbocycles. The van der Waals surface area contributed by atoms with Crippen molar-refractivity contribution in [3.63, 3.8) is 0 Å². The Hall–Kier alpha value is -2.83. The van der Waals surface area contributed by atoms with Crippen LogP contribution in [-0.2, 0) is 11.3 Å². The smallest absolute Gasteiger partial charge is 0.222 e. The average Bonchev–Trinajstić information content (AvgIpc) is 3.10. The number of hydrogen-bond acceptors (Lipinski definition) is 3. The van der Waals surface area contributed by atoms with Crippen molar-refractivity contribution in [3.05, 3.63) is 48.3 Å². The third-order valence-electron chi connectivity index (χ3n) is 3.88. The van der Waals surface area contributed by atoms with E-state index in [1.165, 1.54) is 0 Å². The third kappa shape index (κ3) is 5.61. The molecular formula is C19H28N6O. The molecule has 140 valence electrons. The molecule has 1 aromatic heterocycles. The minimum Gasteiger partial charge on any atom is -0.354 e. The standard InChI is InChI=1S/C19H28N6O/c1-15(2)18(26)21-10-11-22-19(20-3)24(4)13-16-12-23-25(14-16)17-8-6-5-7-9-17/h5-9,12,14-15H,10-11,13H2,1-4H3,(H,20,22)(H,21,26). The average molecular weight is 356 g/mol. The molecule has 0 radical (unpaired) electrons. The molecule has 0 saturated heterocycles. The highest BCUT2D eigenvalue weighted by molar-refractivity contribution is 5.80. The number of amides is 1. The van der Waals surface area contributed by atoms with E-state index in [1.807, 2.05) is 73.2 Å². The normalized spacial score (nSPS) is 11.5. The van der Waals surface area contributed by atoms with Crippen LogP contribution in [0, 0.1) is 5.92 Å². The molecule has 7 heteroatoms. The number of carbonyl (C=O) groups is 1. The molecular weight excluding hydrogens is 328 g/mol. The van der Waals surface area contributed by atoms with Crippen LogP contribution in [0.4, 0.5) is 0 Å². The summed E-state index contributed by atoms with van der Waals surface area (Å²) in [4.78, 5) is 17.9. The lowest BCUT2D eigenvalue weighted by Gasteiger charge is -2.21. The molecule has 2 rings (SSSR count). The predicted molar refractivity (Wildman–Crippen MR) is 104 cm³/mol. The van der Waals surface area contributed by atoms with Gasteiger partial charge in [-0.1, -0.05) is 32.0 Å². The van der Waals surface area contributed by atoms with E-state index in [2.05, 4.69) is 20.7 Å². The maximum absolute atomic E-state index is 11.6. The molecule has 0 bridgehead atoms. The number of nitrogens with one attached hydrogen (secondary N) is 2. The maximum atomic E-state index is 11.6. The van der Waals surface area contributed by atoms with Gasteiger partial charge in [0, 0.05) is 51.4 Å². The van der Waals surface area contributed by atoms with E-state index in [0.29, 0.717) is 19.6 Å². The fraction of sp³-hybridized carbons (Fsp3) is 0.421. The van der Waals surface area contributed by atoms with Crippen LogP contribution in [0.15, 0.2) is 47.7 Å². The van der Waals surface area contributed by atoms with Gasteiger partial charge in [0.1, 0.15) is 0 Å². The summed E-state index contributed by atoms with van der Waals surface area (Å²) in [6.45, 7) is 5.63. The summed E-state index contributed by atoms with van der Waals surface area (Å²) in [5, 5.41) is 10.6. The number of para-hydroxylation sites is 1. The highest BCUT2D eigenvalue weighted by Gasteiger charge is 2.09. The Balaban J connectivity index is 1.84. The van der Waals surface area contributed by atoms with E-state index in [0.717, 1.165) is 17.2 Å². The van der Waals surface area contributed by atoms with Crippen LogP contribution in [-0.4, -0.2) is 53.7 Å². The lowest BCUT2D eigenvalue weighted by Crippen LogP contribution is -2.42. The Morgan fingerprint density at radius 1 is 1.23 bits per heavy atom. The summed E-state index contributed by atoms with van der Waals surface area (Å²) >= 11 is 0. The first-order chi connectivity index (χ1) is 12.5. The Bertz CT molecular complexity index is 723. The summed E-state index contributed by atoms with van der Waals surface area (Å²) in [5.74, 6) is 0.831. The summed E-state index contributed by atoms with van der Waals surface area (Å²) in [7, 11) is 3.72. The van der Waals surface area contributed by atoms with Gasteiger partial charge >= 0.3 is 0 Å². The fourth-order valence-corrected chi connectivity index (χ4v) is 2.46. The molecule has 0 unspecified atom stereocenters. The topological polar surface area (TPSA) is 74.6 Å². The number of hydrogen-bond donors (Lipinski definition) is 2. The second-order valence-electron chi connectivity index (χ2n) is 6.40. The SMILES string of the molecule is CN=C(NCCNC(=O)C(C)C)N(C)Cc1cnn(-c2ccccc2)c1. The van der Waals surface area contributed by atoms with Gasteiger partial charge in [-0.3, -0.25) is 9.79 Å². The van der Waals surface area contributed by atoms with E-state index >= 15 is 0 Å². The molecule has 0 atom stereocenters. The summed E-state index contributed by atoms with van der Waals surface area (Å²) in [6.07, 6.45) is 3.88. The molecule has 1 amide bonds. The van der Waals surface area contributed by atoms with Crippen LogP contribution in [0.2, 0.25) is 0 Å². The number of aromatic nitrogens is 2. The zero-order chi connectivity index (χ0) is 18.9. The van der Waals surface area contributed by atoms with E-state index in [1.54, 1.807) is 7.05 Å². The van der Waals surface area contributed by atoms with Crippen LogP contribution >= 0.6 is 0 Å². The summed E-state index contributed by atoms with van der Waals surface area (Å²) in [5.41, 5.74) is 2.12. The summed E-state index contributed by atoms with van der Waals surface area (Å²) in [6, 6.07) is 10.0. The van der Waals surface area contributed by atoms with Gasteiger partial charge < -0.3 is 15.5 Å². The number of carbonyl (C=O) groups excluding carboxylic acids is 1. The third-order valence-corrected chi connectivity index (χ3v) is 3.88. The second-order valence-corrected chi connectivity index (χ2v) is 6.40. The van der Waals surface area contributed by atoms with Crippen molar-refractivity contribution in [1.29, 1.82) is 0 Å². The molecule has 26 heavy (non-hydrogen) atoms. The highest BCUT2D eigenvalue weighted by Crippen LogP contribution is 2.09. The van der Waals surface area contributed by atoms with Crippen molar-refractivity contribution in [3.8, 4) is 5.69 Å². The van der Waals surface area contributed by atoms with Crippen molar-refractivity contribution in [2.24, 2.45) is 10.9 Å². The Morgan fingerprint density at radius 2 is 1.92 bits per heavy atom. The van der Waals surface area contributed by atoms with Gasteiger partial charge in [-0.05, 0) is 12.1 Å². The van der Waals surface area contributed by atoms with Crippen LogP contribution in [0.3, 0.4) is 0 Å². The molecule has 0 aliphatic heterocycles. The van der Waals surface area contributed by atoms with Crippen molar-refractivity contribution in [2.45, 2.75) is 20.4 Å². The first-order valence-electron chi connectivity index (χ1n) is 8.79. The first kappa shape index (κ1) is 19.5. The first-order valence-corrected chi connectivity index (χ1v) is 8.79. The summed E-state index contributed by atoms with van der Waals surface area (Å²) < 4.78 is 1.86. The largest absolute Gasteiger partial charge is 0.354 e. The fourth-order valence-electron chi connectivity index (χ4n) is 2.46. The van der Waals surface area contributed by atoms with Gasteiger partial charge in [0.05, 0.1) is 11.9 Å². The second kappa shape index (κ2) is 9.60. The van der Waals surface area contributed by atoms with Gasteiger partial charge in [0.25, 0.3) is 0 Å². The molecule has 2 aromatic rings. The Morgan fingerprint density at radius 3 is 2.58 bits per heavy atom. The Labute approximate surface area is 155 Å². The molecule has 7 nitrogen and oxygen atoms in total. The molecule has 0 saturated carbocycles. The van der Waals surface area contributed by atoms with Crippen molar-refractivity contribution < 1.29 is 4.79 Å². The van der Waals surface area contributed by atoms with Gasteiger partial charge in [-0.25, -0.2) is 4.68 Å². The van der Waals surface area contributed by atoms with E-state index in [4.69, 9.17) is 0 Å². The van der Waals surface area contributed by atoms with E-state index in [9.17, 15) is 4.79 Å². The number of aliphatic imine (C=N–C) groups is 1. The quantitative estimate of drug-likeness (QED) is 0.449. The van der Waals surface area contributed by atoms with Gasteiger partial charge in [0.15, 0.2) is 5.96 Å². The lowest BCUT2D eigenvalue weighted by atomic mass is 10.2. The predicted octanol–water partition coefficient (Wildman–Crippen LogP) is 1.65. The van der Waals surface area contributed by atoms with Crippen molar-refractivity contribution in [2.75, 3.05) is 27.2 Å². The van der Waals surface area contributed by atoms with Crippen molar-refractivity contribution in [1.82, 2.24) is 25.3 Å². The van der Waals surface area contributed by atoms with Crippen LogP contribution in [0.25, 0.3) is 5.69 Å². The van der Waals surface area contributed by atoms with Gasteiger partial charge in [0.2, 0.25) is 5.91 Å². The van der Waals surface area contributed by atoms with Gasteiger partial charge in [-0.15, -0.1) is 0 Å². The minimum absolute atomic E-state index is 0.00172. The number of nitrogens with zero attached hydrogens (tertiary/aromatic N) is 4. The molecule has 0 aliphatic rings. The zero-order valence-corrected chi connectivity index (χ0v) is 15.9. The highest BCUT2D eigenvalue weighted by atomic mass is 16.1. The number of guanidine groups is 1. The zero-order valence-electron chi connectivity index (χ0n) is 15.9. The molecule has 2 N–H and O–H groups in total. The van der Waals surface area contributed by atoms with Crippen LogP contribution in [0.5, 0.6) is 0 Å². The van der Waals surface area contributed by atoms with Gasteiger partial charge in [-0.2, -0.15) is 5.10 Å².